The van der Waals surface area contributed by atoms with Crippen molar-refractivity contribution in [2.24, 2.45) is 0 Å². The highest BCUT2D eigenvalue weighted by molar-refractivity contribution is 5.67. The molecule has 0 unspecified atom stereocenters. The lowest BCUT2D eigenvalue weighted by atomic mass is 10.0. The Kier molecular flexibility index (Phi) is 4.46. The highest BCUT2D eigenvalue weighted by atomic mass is 16.4. The Morgan fingerprint density at radius 1 is 1.24 bits per heavy atom. The molecule has 2 rings (SSSR count). The van der Waals surface area contributed by atoms with E-state index >= 15 is 0 Å². The molecular weight excluding hydrogens is 264 g/mol. The fourth-order valence-electron chi connectivity index (χ4n) is 2.52. The van der Waals surface area contributed by atoms with Crippen molar-refractivity contribution in [1.82, 2.24) is 9.78 Å². The summed E-state index contributed by atoms with van der Waals surface area (Å²) in [6.45, 7) is 8.27. The van der Waals surface area contributed by atoms with E-state index in [1.165, 1.54) is 5.56 Å². The van der Waals surface area contributed by atoms with Gasteiger partial charge in [-0.15, -0.1) is 0 Å². The summed E-state index contributed by atoms with van der Waals surface area (Å²) in [6.07, 6.45) is 0.663. The fraction of sp³-hybridized carbons (Fsp3) is 0.412. The van der Waals surface area contributed by atoms with Crippen LogP contribution in [0.3, 0.4) is 0 Å². The summed E-state index contributed by atoms with van der Waals surface area (Å²) in [5.41, 5.74) is 5.27. The highest BCUT2D eigenvalue weighted by Crippen LogP contribution is 2.21. The van der Waals surface area contributed by atoms with E-state index in [2.05, 4.69) is 43.2 Å². The number of aliphatic carboxylic acids is 1. The second-order valence-electron chi connectivity index (χ2n) is 5.70. The van der Waals surface area contributed by atoms with Crippen LogP contribution in [0.2, 0.25) is 0 Å². The third-order valence-electron chi connectivity index (χ3n) is 3.83. The highest BCUT2D eigenvalue weighted by Gasteiger charge is 2.14. The van der Waals surface area contributed by atoms with Crippen LogP contribution in [0.15, 0.2) is 24.3 Å². The molecule has 2 aromatic rings. The number of nitrogens with zero attached hydrogens (tertiary/aromatic N) is 2. The van der Waals surface area contributed by atoms with Crippen molar-refractivity contribution in [3.63, 3.8) is 0 Å². The average Bonchev–Trinajstić information content (AvgIpc) is 2.72. The first kappa shape index (κ1) is 15.3. The van der Waals surface area contributed by atoms with Gasteiger partial charge in [0.15, 0.2) is 0 Å². The molecule has 0 radical (unpaired) electrons. The summed E-state index contributed by atoms with van der Waals surface area (Å²) in [5, 5.41) is 13.4. The first-order chi connectivity index (χ1) is 9.90. The Balaban J connectivity index is 2.32. The summed E-state index contributed by atoms with van der Waals surface area (Å²) in [5.74, 6) is -0.270. The van der Waals surface area contributed by atoms with Crippen molar-refractivity contribution >= 4 is 5.97 Å². The smallest absolute Gasteiger partial charge is 0.303 e. The van der Waals surface area contributed by atoms with E-state index in [1.807, 2.05) is 18.5 Å². The number of carbonyl (C=O) groups is 1. The van der Waals surface area contributed by atoms with Gasteiger partial charge in [-0.05, 0) is 49.4 Å². The number of hydrogen-bond donors (Lipinski definition) is 1. The minimum Gasteiger partial charge on any atom is -0.481 e. The molecule has 1 heterocycles. The van der Waals surface area contributed by atoms with E-state index in [9.17, 15) is 4.79 Å². The molecule has 0 aliphatic carbocycles. The van der Waals surface area contributed by atoms with Crippen LogP contribution in [-0.2, 0) is 11.2 Å². The normalized spacial score (nSPS) is 11.1. The van der Waals surface area contributed by atoms with Gasteiger partial charge in [-0.2, -0.15) is 5.10 Å². The molecule has 0 atom stereocenters. The molecule has 0 bridgehead atoms. The zero-order valence-electron chi connectivity index (χ0n) is 13.1. The topological polar surface area (TPSA) is 55.1 Å². The van der Waals surface area contributed by atoms with Crippen LogP contribution in [0.1, 0.15) is 48.7 Å². The number of carboxylic acids is 1. The molecule has 0 saturated carbocycles. The van der Waals surface area contributed by atoms with Crippen LogP contribution < -0.4 is 0 Å². The van der Waals surface area contributed by atoms with E-state index in [1.54, 1.807) is 0 Å². The minimum absolute atomic E-state index is 0.139. The second kappa shape index (κ2) is 6.12. The largest absolute Gasteiger partial charge is 0.481 e. The van der Waals surface area contributed by atoms with Crippen LogP contribution in [0.5, 0.6) is 0 Å². The maximum atomic E-state index is 10.7. The van der Waals surface area contributed by atoms with Crippen molar-refractivity contribution in [3.05, 3.63) is 46.8 Å². The fourth-order valence-corrected chi connectivity index (χ4v) is 2.52. The molecule has 21 heavy (non-hydrogen) atoms. The van der Waals surface area contributed by atoms with Gasteiger partial charge in [0.2, 0.25) is 0 Å². The van der Waals surface area contributed by atoms with Gasteiger partial charge >= 0.3 is 5.97 Å². The van der Waals surface area contributed by atoms with E-state index in [0.29, 0.717) is 12.3 Å². The average molecular weight is 286 g/mol. The number of aromatic nitrogens is 2. The first-order valence-electron chi connectivity index (χ1n) is 7.27. The summed E-state index contributed by atoms with van der Waals surface area (Å²) in [4.78, 5) is 10.7. The van der Waals surface area contributed by atoms with Crippen LogP contribution in [0.25, 0.3) is 5.69 Å². The van der Waals surface area contributed by atoms with Gasteiger partial charge in [-0.1, -0.05) is 26.0 Å². The van der Waals surface area contributed by atoms with Gasteiger partial charge in [0.05, 0.1) is 11.4 Å². The van der Waals surface area contributed by atoms with Crippen molar-refractivity contribution in [3.8, 4) is 5.69 Å². The number of aryl methyl sites for hydroxylation is 1. The molecule has 112 valence electrons. The van der Waals surface area contributed by atoms with Crippen LogP contribution in [0, 0.1) is 13.8 Å². The van der Waals surface area contributed by atoms with Gasteiger partial charge in [-0.25, -0.2) is 4.68 Å². The summed E-state index contributed by atoms with van der Waals surface area (Å²) in [6, 6.07) is 8.37. The molecule has 1 aromatic carbocycles. The number of rotatable bonds is 5. The van der Waals surface area contributed by atoms with E-state index in [-0.39, 0.29) is 6.42 Å². The quantitative estimate of drug-likeness (QED) is 0.913. The monoisotopic (exact) mass is 286 g/mol. The zero-order chi connectivity index (χ0) is 15.6. The minimum atomic E-state index is -0.775. The summed E-state index contributed by atoms with van der Waals surface area (Å²) >= 11 is 0. The van der Waals surface area contributed by atoms with Crippen molar-refractivity contribution in [2.45, 2.75) is 46.5 Å². The van der Waals surface area contributed by atoms with Crippen molar-refractivity contribution in [2.75, 3.05) is 0 Å². The lowest BCUT2D eigenvalue weighted by Gasteiger charge is -2.08. The molecule has 1 N–H and O–H groups in total. The van der Waals surface area contributed by atoms with Crippen LogP contribution in [-0.4, -0.2) is 20.9 Å². The zero-order valence-corrected chi connectivity index (χ0v) is 13.1. The Morgan fingerprint density at radius 3 is 2.38 bits per heavy atom. The van der Waals surface area contributed by atoms with Gasteiger partial charge in [0.25, 0.3) is 0 Å². The molecule has 4 heteroatoms. The van der Waals surface area contributed by atoms with E-state index in [0.717, 1.165) is 22.6 Å². The molecule has 1 aromatic heterocycles. The molecule has 0 aliphatic rings. The van der Waals surface area contributed by atoms with Gasteiger partial charge < -0.3 is 5.11 Å². The van der Waals surface area contributed by atoms with Gasteiger partial charge in [0, 0.05) is 12.1 Å². The maximum absolute atomic E-state index is 10.7. The molecular formula is C17H22N2O2. The lowest BCUT2D eigenvalue weighted by Crippen LogP contribution is -2.01. The van der Waals surface area contributed by atoms with E-state index in [4.69, 9.17) is 5.11 Å². The molecule has 0 aliphatic heterocycles. The number of hydrogen-bond acceptors (Lipinski definition) is 2. The van der Waals surface area contributed by atoms with E-state index < -0.39 is 5.97 Å². The first-order valence-corrected chi connectivity index (χ1v) is 7.27. The standard InChI is InChI=1S/C17H22N2O2/c1-11(2)14-5-7-15(8-6-14)19-13(4)16(12(3)18-19)9-10-17(20)21/h5-8,11H,9-10H2,1-4H3,(H,20,21). The third kappa shape index (κ3) is 3.32. The molecule has 0 amide bonds. The van der Waals surface area contributed by atoms with Gasteiger partial charge in [-0.3, -0.25) is 4.79 Å². The molecule has 4 nitrogen and oxygen atoms in total. The Bertz CT molecular complexity index is 640. The number of benzene rings is 1. The molecule has 0 spiro atoms. The summed E-state index contributed by atoms with van der Waals surface area (Å²) in [7, 11) is 0. The van der Waals surface area contributed by atoms with Gasteiger partial charge in [0.1, 0.15) is 0 Å². The predicted octanol–water partition coefficient (Wildman–Crippen LogP) is 3.63. The summed E-state index contributed by atoms with van der Waals surface area (Å²) < 4.78 is 1.90. The molecule has 0 saturated heterocycles. The van der Waals surface area contributed by atoms with Crippen molar-refractivity contribution < 1.29 is 9.90 Å². The predicted molar refractivity (Wildman–Crippen MR) is 83.1 cm³/mol. The SMILES string of the molecule is Cc1nn(-c2ccc(C(C)C)cc2)c(C)c1CCC(=O)O. The molecule has 0 fully saturated rings. The Hall–Kier alpha value is -2.10. The maximum Gasteiger partial charge on any atom is 0.303 e. The van der Waals surface area contributed by atoms with Crippen LogP contribution in [0.4, 0.5) is 0 Å². The van der Waals surface area contributed by atoms with Crippen molar-refractivity contribution in [1.29, 1.82) is 0 Å². The van der Waals surface area contributed by atoms with Crippen LogP contribution >= 0.6 is 0 Å². The lowest BCUT2D eigenvalue weighted by molar-refractivity contribution is -0.136. The Morgan fingerprint density at radius 2 is 1.86 bits per heavy atom. The second-order valence-corrected chi connectivity index (χ2v) is 5.70. The Labute approximate surface area is 125 Å². The third-order valence-corrected chi connectivity index (χ3v) is 3.83. The number of carboxylic acid groups (broad SMARTS) is 1.